The molecule has 0 aromatic heterocycles. The molecule has 118 valence electrons. The highest BCUT2D eigenvalue weighted by Gasteiger charge is 2.33. The fourth-order valence-electron chi connectivity index (χ4n) is 2.06. The van der Waals surface area contributed by atoms with Crippen molar-refractivity contribution in [1.82, 2.24) is 0 Å². The molecule has 0 aliphatic rings. The third-order valence-corrected chi connectivity index (χ3v) is 3.28. The first kappa shape index (κ1) is 17.5. The third kappa shape index (κ3) is 5.38. The number of hydrogen-bond acceptors (Lipinski definition) is 4. The topological polar surface area (TPSA) is 61.5 Å². The molecule has 0 aliphatic carbocycles. The Balaban J connectivity index is 2.90. The maximum atomic E-state index is 11.8. The van der Waals surface area contributed by atoms with Gasteiger partial charge >= 0.3 is 5.97 Å². The standard InChI is InChI=1S/C17H27NO3/c1-11(2)15(20-14-9-7-6-8-10-14)16(12(3)4)21-17(19)13(5)18/h6-13,15-16H,18H2,1-5H3/t13-,15+,16?/m0/s1. The summed E-state index contributed by atoms with van der Waals surface area (Å²) in [6.07, 6.45) is -0.543. The largest absolute Gasteiger partial charge is 0.486 e. The van der Waals surface area contributed by atoms with Gasteiger partial charge in [0.1, 0.15) is 24.0 Å². The van der Waals surface area contributed by atoms with Crippen LogP contribution in [0.25, 0.3) is 0 Å². The maximum absolute atomic E-state index is 11.8. The molecule has 2 N–H and O–H groups in total. The van der Waals surface area contributed by atoms with E-state index in [-0.39, 0.29) is 24.0 Å². The van der Waals surface area contributed by atoms with Gasteiger partial charge in [-0.25, -0.2) is 0 Å². The highest BCUT2D eigenvalue weighted by atomic mass is 16.6. The molecule has 1 aromatic rings. The van der Waals surface area contributed by atoms with Crippen LogP contribution >= 0.6 is 0 Å². The van der Waals surface area contributed by atoms with Gasteiger partial charge in [0.05, 0.1) is 0 Å². The number of hydrogen-bond donors (Lipinski definition) is 1. The number of carbonyl (C=O) groups excluding carboxylic acids is 1. The number of ether oxygens (including phenoxy) is 2. The number of rotatable bonds is 7. The first-order valence-electron chi connectivity index (χ1n) is 7.50. The van der Waals surface area contributed by atoms with Gasteiger partial charge in [-0.2, -0.15) is 0 Å². The summed E-state index contributed by atoms with van der Waals surface area (Å²) >= 11 is 0. The zero-order valence-corrected chi connectivity index (χ0v) is 13.6. The summed E-state index contributed by atoms with van der Waals surface area (Å²) in [4.78, 5) is 11.8. The number of carbonyl (C=O) groups is 1. The van der Waals surface area contributed by atoms with Crippen LogP contribution in [-0.4, -0.2) is 24.2 Å². The fourth-order valence-corrected chi connectivity index (χ4v) is 2.06. The van der Waals surface area contributed by atoms with E-state index in [0.717, 1.165) is 5.75 Å². The van der Waals surface area contributed by atoms with Crippen molar-refractivity contribution in [3.05, 3.63) is 30.3 Å². The molecule has 4 heteroatoms. The summed E-state index contributed by atoms with van der Waals surface area (Å²) in [6, 6.07) is 8.96. The highest BCUT2D eigenvalue weighted by molar-refractivity contribution is 5.75. The Labute approximate surface area is 127 Å². The molecule has 0 amide bonds. The summed E-state index contributed by atoms with van der Waals surface area (Å²) < 4.78 is 11.6. The van der Waals surface area contributed by atoms with Gasteiger partial charge in [-0.1, -0.05) is 45.9 Å². The van der Waals surface area contributed by atoms with Crippen LogP contribution in [0.2, 0.25) is 0 Å². The average Bonchev–Trinajstić information content (AvgIpc) is 2.42. The first-order chi connectivity index (χ1) is 9.82. The van der Waals surface area contributed by atoms with Gasteiger partial charge in [0.15, 0.2) is 0 Å². The van der Waals surface area contributed by atoms with Crippen LogP contribution in [0.15, 0.2) is 30.3 Å². The number of esters is 1. The molecular formula is C17H27NO3. The van der Waals surface area contributed by atoms with E-state index in [2.05, 4.69) is 13.8 Å². The molecule has 4 nitrogen and oxygen atoms in total. The Bertz CT molecular complexity index is 429. The third-order valence-electron chi connectivity index (χ3n) is 3.28. The van der Waals surface area contributed by atoms with Crippen molar-refractivity contribution in [2.45, 2.75) is 52.9 Å². The summed E-state index contributed by atoms with van der Waals surface area (Å²) in [5.74, 6) is 0.733. The molecule has 0 fully saturated rings. The lowest BCUT2D eigenvalue weighted by Crippen LogP contribution is -2.45. The minimum atomic E-state index is -0.629. The summed E-state index contributed by atoms with van der Waals surface area (Å²) in [7, 11) is 0. The Morgan fingerprint density at radius 1 is 0.952 bits per heavy atom. The molecule has 1 unspecified atom stereocenters. The molecular weight excluding hydrogens is 266 g/mol. The second-order valence-corrected chi connectivity index (χ2v) is 6.07. The molecule has 0 heterocycles. The summed E-state index contributed by atoms with van der Waals surface area (Å²) in [5.41, 5.74) is 5.60. The van der Waals surface area contributed by atoms with Crippen LogP contribution in [0.4, 0.5) is 0 Å². The monoisotopic (exact) mass is 293 g/mol. The average molecular weight is 293 g/mol. The van der Waals surface area contributed by atoms with Gasteiger partial charge in [0, 0.05) is 0 Å². The van der Waals surface area contributed by atoms with Gasteiger partial charge in [-0.3, -0.25) is 4.79 Å². The predicted octanol–water partition coefficient (Wildman–Crippen LogP) is 3.01. The van der Waals surface area contributed by atoms with Crippen molar-refractivity contribution >= 4 is 5.97 Å². The van der Waals surface area contributed by atoms with E-state index in [1.54, 1.807) is 6.92 Å². The number of nitrogens with two attached hydrogens (primary N) is 1. The van der Waals surface area contributed by atoms with Crippen molar-refractivity contribution in [3.63, 3.8) is 0 Å². The van der Waals surface area contributed by atoms with Gasteiger partial charge in [-0.05, 0) is 30.9 Å². The van der Waals surface area contributed by atoms with Gasteiger partial charge in [0.2, 0.25) is 0 Å². The quantitative estimate of drug-likeness (QED) is 0.785. The lowest BCUT2D eigenvalue weighted by Gasteiger charge is -2.33. The summed E-state index contributed by atoms with van der Waals surface area (Å²) in [6.45, 7) is 9.78. The van der Waals surface area contributed by atoms with E-state index in [1.807, 2.05) is 44.2 Å². The van der Waals surface area contributed by atoms with E-state index in [1.165, 1.54) is 0 Å². The first-order valence-corrected chi connectivity index (χ1v) is 7.50. The van der Waals surface area contributed by atoms with Crippen LogP contribution < -0.4 is 10.5 Å². The highest BCUT2D eigenvalue weighted by Crippen LogP contribution is 2.24. The fraction of sp³-hybridized carbons (Fsp3) is 0.588. The van der Waals surface area contributed by atoms with Crippen LogP contribution in [0.5, 0.6) is 5.75 Å². The lowest BCUT2D eigenvalue weighted by atomic mass is 9.93. The molecule has 3 atom stereocenters. The van der Waals surface area contributed by atoms with E-state index in [4.69, 9.17) is 15.2 Å². The molecule has 1 aromatic carbocycles. The van der Waals surface area contributed by atoms with Crippen molar-refractivity contribution < 1.29 is 14.3 Å². The summed E-state index contributed by atoms with van der Waals surface area (Å²) in [5, 5.41) is 0. The number of para-hydroxylation sites is 1. The van der Waals surface area contributed by atoms with Crippen LogP contribution in [-0.2, 0) is 9.53 Å². The zero-order chi connectivity index (χ0) is 16.0. The molecule has 0 saturated carbocycles. The predicted molar refractivity (Wildman–Crippen MR) is 84.1 cm³/mol. The van der Waals surface area contributed by atoms with Crippen molar-refractivity contribution in [1.29, 1.82) is 0 Å². The Hall–Kier alpha value is -1.55. The molecule has 0 bridgehead atoms. The zero-order valence-electron chi connectivity index (χ0n) is 13.6. The van der Waals surface area contributed by atoms with Gasteiger partial charge in [0.25, 0.3) is 0 Å². The minimum absolute atomic E-state index is 0.142. The maximum Gasteiger partial charge on any atom is 0.323 e. The smallest absolute Gasteiger partial charge is 0.323 e. The SMILES string of the molecule is CC(C)C(OC(=O)[C@H](C)N)[C@H](Oc1ccccc1)C(C)C. The second-order valence-electron chi connectivity index (χ2n) is 6.07. The Morgan fingerprint density at radius 2 is 1.48 bits per heavy atom. The number of benzene rings is 1. The minimum Gasteiger partial charge on any atom is -0.486 e. The second kappa shape index (κ2) is 8.03. The van der Waals surface area contributed by atoms with Crippen LogP contribution in [0.3, 0.4) is 0 Å². The van der Waals surface area contributed by atoms with E-state index >= 15 is 0 Å². The van der Waals surface area contributed by atoms with E-state index < -0.39 is 12.0 Å². The Kier molecular flexibility index (Phi) is 6.69. The molecule has 1 rings (SSSR count). The van der Waals surface area contributed by atoms with Gasteiger partial charge < -0.3 is 15.2 Å². The molecule has 0 saturated heterocycles. The molecule has 0 radical (unpaired) electrons. The Morgan fingerprint density at radius 3 is 1.90 bits per heavy atom. The van der Waals surface area contributed by atoms with Crippen LogP contribution in [0.1, 0.15) is 34.6 Å². The van der Waals surface area contributed by atoms with Crippen molar-refractivity contribution in [2.75, 3.05) is 0 Å². The van der Waals surface area contributed by atoms with E-state index in [9.17, 15) is 4.79 Å². The van der Waals surface area contributed by atoms with Gasteiger partial charge in [-0.15, -0.1) is 0 Å². The van der Waals surface area contributed by atoms with E-state index in [0.29, 0.717) is 0 Å². The molecule has 21 heavy (non-hydrogen) atoms. The molecule has 0 aliphatic heterocycles. The van der Waals surface area contributed by atoms with Crippen molar-refractivity contribution in [3.8, 4) is 5.75 Å². The lowest BCUT2D eigenvalue weighted by molar-refractivity contribution is -0.160. The molecule has 0 spiro atoms. The normalized spacial score (nSPS) is 15.6. The van der Waals surface area contributed by atoms with Crippen molar-refractivity contribution in [2.24, 2.45) is 17.6 Å². The van der Waals surface area contributed by atoms with Crippen LogP contribution in [0, 0.1) is 11.8 Å².